The van der Waals surface area contributed by atoms with Gasteiger partial charge in [0.15, 0.2) is 6.61 Å². The highest BCUT2D eigenvalue weighted by atomic mass is 16.5. The summed E-state index contributed by atoms with van der Waals surface area (Å²) < 4.78 is 15.6. The molecule has 2 heterocycles. The third kappa shape index (κ3) is 4.97. The molecule has 33 heavy (non-hydrogen) atoms. The van der Waals surface area contributed by atoms with Crippen molar-refractivity contribution < 1.29 is 33.4 Å². The van der Waals surface area contributed by atoms with Crippen LogP contribution >= 0.6 is 0 Å². The van der Waals surface area contributed by atoms with E-state index in [0.717, 1.165) is 11.3 Å². The van der Waals surface area contributed by atoms with Crippen molar-refractivity contribution in [2.24, 2.45) is 16.8 Å². The van der Waals surface area contributed by atoms with E-state index in [2.05, 4.69) is 4.99 Å². The van der Waals surface area contributed by atoms with Crippen molar-refractivity contribution in [2.45, 2.75) is 34.1 Å². The Hall–Kier alpha value is -3.49. The second kappa shape index (κ2) is 10.4. The number of nitrogens with zero attached hydrogens (tertiary/aromatic N) is 2. The number of aliphatic imine (C=N–C) groups is 1. The van der Waals surface area contributed by atoms with E-state index in [1.165, 1.54) is 0 Å². The smallest absolute Gasteiger partial charge is 0.336 e. The first kappa shape index (κ1) is 24.2. The third-order valence-corrected chi connectivity index (χ3v) is 5.64. The zero-order valence-electron chi connectivity index (χ0n) is 19.3. The van der Waals surface area contributed by atoms with Crippen molar-refractivity contribution in [2.75, 3.05) is 31.3 Å². The highest BCUT2D eigenvalue weighted by Crippen LogP contribution is 2.34. The number of rotatable bonds is 7. The van der Waals surface area contributed by atoms with E-state index in [0.29, 0.717) is 18.7 Å². The molecule has 0 aliphatic carbocycles. The van der Waals surface area contributed by atoms with Gasteiger partial charge >= 0.3 is 17.9 Å². The zero-order valence-corrected chi connectivity index (χ0v) is 19.3. The van der Waals surface area contributed by atoms with E-state index in [4.69, 9.17) is 14.2 Å². The first-order valence-corrected chi connectivity index (χ1v) is 10.9. The molecule has 0 bridgehead atoms. The van der Waals surface area contributed by atoms with Crippen LogP contribution in [-0.2, 0) is 39.8 Å². The quantitative estimate of drug-likeness (QED) is 0.457. The van der Waals surface area contributed by atoms with Crippen LogP contribution in [0.2, 0.25) is 0 Å². The summed E-state index contributed by atoms with van der Waals surface area (Å²) in [5.74, 6) is -5.20. The number of esters is 3. The Morgan fingerprint density at radius 2 is 1.64 bits per heavy atom. The van der Waals surface area contributed by atoms with Crippen molar-refractivity contribution in [3.8, 4) is 0 Å². The van der Waals surface area contributed by atoms with Crippen LogP contribution in [0.3, 0.4) is 0 Å². The number of carbonyl (C=O) groups excluding carboxylic acids is 4. The average molecular weight is 456 g/mol. The topological polar surface area (TPSA) is 112 Å². The van der Waals surface area contributed by atoms with Gasteiger partial charge in [-0.3, -0.25) is 19.4 Å². The number of fused-ring (bicyclic) bond motifs is 1. The monoisotopic (exact) mass is 456 g/mol. The maximum atomic E-state index is 13.2. The lowest BCUT2D eigenvalue weighted by atomic mass is 9.79. The van der Waals surface area contributed by atoms with Gasteiger partial charge in [0.05, 0.1) is 18.8 Å². The van der Waals surface area contributed by atoms with Crippen molar-refractivity contribution in [1.82, 2.24) is 0 Å². The number of hydrogen-bond acceptors (Lipinski definition) is 8. The minimum atomic E-state index is -1.32. The number of carbonyl (C=O) groups is 4. The minimum absolute atomic E-state index is 0.0653. The Balaban J connectivity index is 1.83. The summed E-state index contributed by atoms with van der Waals surface area (Å²) in [4.78, 5) is 57.2. The van der Waals surface area contributed by atoms with Gasteiger partial charge in [-0.05, 0) is 45.7 Å². The predicted octanol–water partition coefficient (Wildman–Crippen LogP) is 2.23. The summed E-state index contributed by atoms with van der Waals surface area (Å²) in [6.07, 6.45) is 0.716. The third-order valence-electron chi connectivity index (χ3n) is 5.64. The number of allylic oxidation sites excluding steroid dienone is 1. The molecule has 2 atom stereocenters. The maximum absolute atomic E-state index is 13.2. The first-order valence-electron chi connectivity index (χ1n) is 10.9. The molecule has 0 saturated carbocycles. The van der Waals surface area contributed by atoms with Gasteiger partial charge in [-0.1, -0.05) is 18.2 Å². The van der Waals surface area contributed by atoms with Crippen LogP contribution in [0.5, 0.6) is 0 Å². The lowest BCUT2D eigenvalue weighted by Gasteiger charge is -2.29. The average Bonchev–Trinajstić information content (AvgIpc) is 3.21. The van der Waals surface area contributed by atoms with Crippen LogP contribution in [0.15, 0.2) is 40.5 Å². The minimum Gasteiger partial charge on any atom is -0.465 e. The first-order chi connectivity index (χ1) is 15.8. The summed E-state index contributed by atoms with van der Waals surface area (Å²) in [6.45, 7) is 6.55. The van der Waals surface area contributed by atoms with Gasteiger partial charge in [0.2, 0.25) is 0 Å². The van der Waals surface area contributed by atoms with E-state index in [1.54, 1.807) is 32.6 Å². The Kier molecular flexibility index (Phi) is 7.63. The molecule has 2 aliphatic heterocycles. The Morgan fingerprint density at radius 3 is 2.33 bits per heavy atom. The molecule has 2 unspecified atom stereocenters. The van der Waals surface area contributed by atoms with Gasteiger partial charge in [0, 0.05) is 23.6 Å². The van der Waals surface area contributed by atoms with E-state index in [9.17, 15) is 19.2 Å². The van der Waals surface area contributed by atoms with E-state index >= 15 is 0 Å². The second-order valence-corrected chi connectivity index (χ2v) is 7.71. The van der Waals surface area contributed by atoms with Gasteiger partial charge in [0.25, 0.3) is 5.91 Å². The lowest BCUT2D eigenvalue weighted by molar-refractivity contribution is -0.159. The molecule has 2 aliphatic rings. The van der Waals surface area contributed by atoms with E-state index < -0.39 is 36.4 Å². The largest absolute Gasteiger partial charge is 0.465 e. The molecular weight excluding hydrogens is 428 g/mol. The van der Waals surface area contributed by atoms with Crippen molar-refractivity contribution in [1.29, 1.82) is 0 Å². The number of para-hydroxylation sites is 1. The van der Waals surface area contributed by atoms with E-state index in [1.807, 2.05) is 24.3 Å². The molecule has 176 valence electrons. The van der Waals surface area contributed by atoms with Crippen LogP contribution in [0.4, 0.5) is 5.69 Å². The molecule has 0 spiro atoms. The summed E-state index contributed by atoms with van der Waals surface area (Å²) in [5.41, 5.74) is 2.34. The summed E-state index contributed by atoms with van der Waals surface area (Å²) in [5, 5.41) is 0. The van der Waals surface area contributed by atoms with Crippen LogP contribution in [0.1, 0.15) is 33.3 Å². The van der Waals surface area contributed by atoms with Crippen LogP contribution in [0, 0.1) is 11.8 Å². The molecular formula is C24H28N2O7. The van der Waals surface area contributed by atoms with Crippen LogP contribution < -0.4 is 4.90 Å². The molecule has 3 rings (SSSR count). The number of amides is 1. The van der Waals surface area contributed by atoms with Gasteiger partial charge in [0.1, 0.15) is 11.8 Å². The normalized spacial score (nSPS) is 19.5. The molecule has 0 N–H and O–H groups in total. The molecule has 9 nitrogen and oxygen atoms in total. The summed E-state index contributed by atoms with van der Waals surface area (Å²) >= 11 is 0. The van der Waals surface area contributed by atoms with Crippen molar-refractivity contribution in [3.05, 3.63) is 41.1 Å². The maximum Gasteiger partial charge on any atom is 0.336 e. The SMILES string of the molecule is CCOC(=O)C1=C(C)N=C(C)C(C(=O)OCC)C1C(=O)OCC(=O)N1CCc2ccccc21. The standard InChI is InChI=1S/C24H28N2O7/c1-5-31-22(28)19-14(3)25-15(4)20(23(29)32-6-2)21(19)24(30)33-13-18(27)26-12-11-16-9-7-8-10-17(16)26/h7-10,19,21H,5-6,11-13H2,1-4H3. The van der Waals surface area contributed by atoms with Crippen LogP contribution in [-0.4, -0.2) is 55.9 Å². The molecule has 1 aromatic rings. The van der Waals surface area contributed by atoms with Crippen molar-refractivity contribution >= 4 is 35.2 Å². The highest BCUT2D eigenvalue weighted by Gasteiger charge is 2.46. The number of anilines is 1. The fourth-order valence-electron chi connectivity index (χ4n) is 4.20. The molecule has 0 radical (unpaired) electrons. The summed E-state index contributed by atoms with van der Waals surface area (Å²) in [6, 6.07) is 7.53. The second-order valence-electron chi connectivity index (χ2n) is 7.71. The van der Waals surface area contributed by atoms with Gasteiger partial charge in [-0.2, -0.15) is 0 Å². The summed E-state index contributed by atoms with van der Waals surface area (Å²) in [7, 11) is 0. The molecule has 1 amide bonds. The van der Waals surface area contributed by atoms with E-state index in [-0.39, 0.29) is 30.4 Å². The lowest BCUT2D eigenvalue weighted by Crippen LogP contribution is -2.43. The predicted molar refractivity (Wildman–Crippen MR) is 120 cm³/mol. The number of benzene rings is 1. The molecule has 0 fully saturated rings. The molecule has 0 aromatic heterocycles. The zero-order chi connectivity index (χ0) is 24.1. The Bertz CT molecular complexity index is 1030. The fraction of sp³-hybridized carbons (Fsp3) is 0.458. The Labute approximate surface area is 192 Å². The molecule has 0 saturated heterocycles. The fourth-order valence-corrected chi connectivity index (χ4v) is 4.20. The van der Waals surface area contributed by atoms with Crippen LogP contribution in [0.25, 0.3) is 0 Å². The van der Waals surface area contributed by atoms with Gasteiger partial charge in [-0.15, -0.1) is 0 Å². The Morgan fingerprint density at radius 1 is 0.970 bits per heavy atom. The molecule has 1 aromatic carbocycles. The van der Waals surface area contributed by atoms with Gasteiger partial charge < -0.3 is 19.1 Å². The number of ether oxygens (including phenoxy) is 3. The number of hydrogen-bond donors (Lipinski definition) is 0. The molecule has 9 heteroatoms. The van der Waals surface area contributed by atoms with Gasteiger partial charge in [-0.25, -0.2) is 4.79 Å². The van der Waals surface area contributed by atoms with Crippen molar-refractivity contribution in [3.63, 3.8) is 0 Å². The highest BCUT2D eigenvalue weighted by molar-refractivity contribution is 6.10.